The first-order chi connectivity index (χ1) is 12.1. The first kappa shape index (κ1) is 20.8. The quantitative estimate of drug-likeness (QED) is 0.381. The van der Waals surface area contributed by atoms with E-state index in [-0.39, 0.29) is 6.01 Å². The largest absolute Gasteiger partial charge is 0.487 e. The summed E-state index contributed by atoms with van der Waals surface area (Å²) in [6.45, 7) is 5.12. The van der Waals surface area contributed by atoms with E-state index in [9.17, 15) is 4.57 Å². The van der Waals surface area contributed by atoms with E-state index in [0.29, 0.717) is 19.8 Å². The Bertz CT molecular complexity index is 695. The second-order valence-corrected chi connectivity index (χ2v) is 11.6. The van der Waals surface area contributed by atoms with Gasteiger partial charge < -0.3 is 17.6 Å². The molecule has 0 saturated carbocycles. The molecule has 1 aromatic carbocycles. The number of hydrogen-bond acceptors (Lipinski definition) is 10. The highest BCUT2D eigenvalue weighted by molar-refractivity contribution is 8.87. The smallest absolute Gasteiger partial charge is 0.414 e. The zero-order valence-corrected chi connectivity index (χ0v) is 17.5. The van der Waals surface area contributed by atoms with Gasteiger partial charge in [-0.15, -0.1) is 4.37 Å². The Kier molecular flexibility index (Phi) is 8.84. The maximum Gasteiger partial charge on any atom is 0.414 e. The van der Waals surface area contributed by atoms with Crippen LogP contribution in [0.4, 0.5) is 0 Å². The Labute approximate surface area is 163 Å². The monoisotopic (exact) mass is 442 g/mol. The van der Waals surface area contributed by atoms with E-state index in [4.69, 9.17) is 29.2 Å². The van der Waals surface area contributed by atoms with Gasteiger partial charge in [-0.2, -0.15) is 4.98 Å². The highest BCUT2D eigenvalue weighted by Gasteiger charge is 2.31. The number of benzene rings is 1. The lowest BCUT2D eigenvalue weighted by Gasteiger charge is -2.14. The van der Waals surface area contributed by atoms with Gasteiger partial charge in [0.05, 0.1) is 18.2 Å². The number of nitrogens with zero attached hydrogens (tertiary/aromatic N) is 2. The molecule has 0 spiro atoms. The molecule has 138 valence electrons. The summed E-state index contributed by atoms with van der Waals surface area (Å²) in [4.78, 5) is 3.79. The van der Waals surface area contributed by atoms with Crippen molar-refractivity contribution in [1.82, 2.24) is 9.36 Å². The molecule has 0 N–H and O–H groups in total. The topological polar surface area (TPSA) is 79.8 Å². The number of fused-ring (bicyclic) bond motifs is 3. The zero-order chi connectivity index (χ0) is 18.1. The minimum Gasteiger partial charge on any atom is -0.487 e. The standard InChI is InChI=1S/C7H5ClO.C6H11N2O4PS3/c8-6-3-5-1-2-7(6)9-4-5;1-3-10-15-13(9,16-11-4-2)12-6-7-5-14-8-6/h1-3H,4H2;5H,3-4H2,1-2H3. The Morgan fingerprint density at radius 3 is 2.40 bits per heavy atom. The normalized spacial score (nSPS) is 12.3. The molecule has 25 heavy (non-hydrogen) atoms. The lowest BCUT2D eigenvalue weighted by molar-refractivity contribution is 0.295. The van der Waals surface area contributed by atoms with Crippen LogP contribution in [0.15, 0.2) is 23.7 Å². The van der Waals surface area contributed by atoms with Gasteiger partial charge in [-0.1, -0.05) is 17.7 Å². The first-order valence-corrected chi connectivity index (χ1v) is 12.7. The maximum atomic E-state index is 12.2. The summed E-state index contributed by atoms with van der Waals surface area (Å²) in [6.07, 6.45) is 0. The fourth-order valence-corrected chi connectivity index (χ4v) is 6.07. The van der Waals surface area contributed by atoms with Crippen LogP contribution in [0.2, 0.25) is 5.02 Å². The van der Waals surface area contributed by atoms with Gasteiger partial charge in [0, 0.05) is 0 Å². The zero-order valence-electron chi connectivity index (χ0n) is 13.4. The molecule has 2 bridgehead atoms. The van der Waals surface area contributed by atoms with Crippen LogP contribution in [0.25, 0.3) is 0 Å². The molecular formula is C13H16ClN2O5PS3. The average Bonchev–Trinajstić information content (AvgIpc) is 3.12. The van der Waals surface area contributed by atoms with Gasteiger partial charge in [0.2, 0.25) is 0 Å². The second-order valence-electron chi connectivity index (χ2n) is 4.27. The van der Waals surface area contributed by atoms with E-state index in [0.717, 1.165) is 51.2 Å². The molecule has 7 nitrogen and oxygen atoms in total. The van der Waals surface area contributed by atoms with Crippen molar-refractivity contribution in [1.29, 1.82) is 0 Å². The molecule has 0 amide bonds. The number of ether oxygens (including phenoxy) is 1. The van der Waals surface area contributed by atoms with Crippen molar-refractivity contribution in [3.8, 4) is 11.8 Å². The van der Waals surface area contributed by atoms with Gasteiger partial charge in [-0.05, 0) is 43.1 Å². The molecular weight excluding hydrogens is 427 g/mol. The Hall–Kier alpha value is -0.480. The summed E-state index contributed by atoms with van der Waals surface area (Å²) in [5.74, 6) is -2.37. The molecule has 4 rings (SSSR count). The van der Waals surface area contributed by atoms with Crippen LogP contribution >= 0.6 is 52.2 Å². The van der Waals surface area contributed by atoms with Crippen LogP contribution in [-0.4, -0.2) is 22.6 Å². The van der Waals surface area contributed by atoms with Crippen molar-refractivity contribution < 1.29 is 22.2 Å². The average molecular weight is 443 g/mol. The summed E-state index contributed by atoms with van der Waals surface area (Å²) >= 11 is 8.38. The Balaban J connectivity index is 0.000000208. The number of rotatable bonds is 8. The predicted molar refractivity (Wildman–Crippen MR) is 102 cm³/mol. The van der Waals surface area contributed by atoms with Crippen LogP contribution in [0.5, 0.6) is 11.8 Å². The third-order valence-corrected chi connectivity index (χ3v) is 7.91. The summed E-state index contributed by atoms with van der Waals surface area (Å²) in [5.41, 5.74) is 2.64. The van der Waals surface area contributed by atoms with Crippen LogP contribution < -0.4 is 9.26 Å². The van der Waals surface area contributed by atoms with Crippen molar-refractivity contribution in [2.75, 3.05) is 13.2 Å². The Morgan fingerprint density at radius 2 is 2.04 bits per heavy atom. The van der Waals surface area contributed by atoms with E-state index in [1.54, 1.807) is 13.8 Å². The molecule has 1 aromatic heterocycles. The fraction of sp³-hybridized carbons (Fsp3) is 0.385. The molecule has 0 unspecified atom stereocenters. The van der Waals surface area contributed by atoms with Gasteiger partial charge in [0.1, 0.15) is 41.2 Å². The highest BCUT2D eigenvalue weighted by atomic mass is 35.5. The highest BCUT2D eigenvalue weighted by Crippen LogP contribution is 2.69. The van der Waals surface area contributed by atoms with Gasteiger partial charge in [-0.3, -0.25) is 0 Å². The molecule has 2 aliphatic heterocycles. The van der Waals surface area contributed by atoms with Gasteiger partial charge in [-0.25, -0.2) is 4.57 Å². The van der Waals surface area contributed by atoms with Crippen molar-refractivity contribution >= 4 is 52.2 Å². The molecule has 0 fully saturated rings. The third-order valence-electron chi connectivity index (χ3n) is 2.45. The molecule has 3 heterocycles. The molecule has 2 aromatic rings. The van der Waals surface area contributed by atoms with Gasteiger partial charge in [0.15, 0.2) is 0 Å². The summed E-state index contributed by atoms with van der Waals surface area (Å²) < 4.78 is 36.4. The van der Waals surface area contributed by atoms with Gasteiger partial charge >= 0.3 is 11.8 Å². The maximum absolute atomic E-state index is 12.2. The number of halogens is 1. The van der Waals surface area contributed by atoms with Crippen LogP contribution in [0, 0.1) is 0 Å². The van der Waals surface area contributed by atoms with Crippen LogP contribution in [0.3, 0.4) is 0 Å². The minimum absolute atomic E-state index is 0.0766. The molecule has 0 radical (unpaired) electrons. The first-order valence-electron chi connectivity index (χ1n) is 7.16. The van der Waals surface area contributed by atoms with Crippen molar-refractivity contribution in [2.24, 2.45) is 0 Å². The van der Waals surface area contributed by atoms with E-state index >= 15 is 0 Å². The molecule has 0 atom stereocenters. The van der Waals surface area contributed by atoms with Gasteiger partial charge in [0.25, 0.3) is 0 Å². The molecule has 0 saturated heterocycles. The number of aromatic nitrogens is 2. The van der Waals surface area contributed by atoms with Crippen LogP contribution in [-0.2, 0) is 19.5 Å². The minimum atomic E-state index is -3.17. The second kappa shape index (κ2) is 10.6. The molecule has 12 heteroatoms. The van der Waals surface area contributed by atoms with Crippen molar-refractivity contribution in [3.05, 3.63) is 34.3 Å². The summed E-state index contributed by atoms with van der Waals surface area (Å²) in [7, 11) is 0. The van der Waals surface area contributed by atoms with E-state index in [1.807, 2.05) is 18.2 Å². The molecule has 0 aliphatic carbocycles. The van der Waals surface area contributed by atoms with E-state index in [2.05, 4.69) is 9.36 Å². The molecule has 2 aliphatic rings. The lowest BCUT2D eigenvalue weighted by Crippen LogP contribution is -2.01. The summed E-state index contributed by atoms with van der Waals surface area (Å²) in [6, 6.07) is 5.92. The van der Waals surface area contributed by atoms with Crippen LogP contribution in [0.1, 0.15) is 19.4 Å². The summed E-state index contributed by atoms with van der Waals surface area (Å²) in [5, 5.41) is 0.721. The van der Waals surface area contributed by atoms with E-state index < -0.39 is 5.77 Å². The van der Waals surface area contributed by atoms with Crippen molar-refractivity contribution in [2.45, 2.75) is 20.5 Å². The fourth-order valence-electron chi connectivity index (χ4n) is 1.49. The van der Waals surface area contributed by atoms with E-state index in [1.165, 1.54) is 5.51 Å². The predicted octanol–water partition coefficient (Wildman–Crippen LogP) is 5.63. The Morgan fingerprint density at radius 1 is 1.32 bits per heavy atom. The SMILES string of the molecule is CCOSP(=O)(Oc1ncsn1)SOCC.Clc1cc2ccc1OC2. The number of hydrogen-bond donors (Lipinski definition) is 0. The van der Waals surface area contributed by atoms with Crippen molar-refractivity contribution in [3.63, 3.8) is 0 Å². The lowest BCUT2D eigenvalue weighted by atomic mass is 10.2. The third kappa shape index (κ3) is 6.97.